The molecule has 3 aromatic rings. The lowest BCUT2D eigenvalue weighted by Crippen LogP contribution is -2.07. The summed E-state index contributed by atoms with van der Waals surface area (Å²) in [6.45, 7) is 0.278. The molecule has 5 nitrogen and oxygen atoms in total. The van der Waals surface area contributed by atoms with Crippen molar-refractivity contribution in [2.24, 2.45) is 0 Å². The van der Waals surface area contributed by atoms with Crippen LogP contribution in [0.3, 0.4) is 0 Å². The van der Waals surface area contributed by atoms with Crippen LogP contribution in [0.25, 0.3) is 5.52 Å². The van der Waals surface area contributed by atoms with Gasteiger partial charge in [0.1, 0.15) is 15.9 Å². The van der Waals surface area contributed by atoms with Crippen molar-refractivity contribution in [1.29, 1.82) is 0 Å². The van der Waals surface area contributed by atoms with Crippen LogP contribution >= 0.6 is 27.5 Å². The van der Waals surface area contributed by atoms with Crippen LogP contribution in [0.1, 0.15) is 5.56 Å². The van der Waals surface area contributed by atoms with Crippen LogP contribution in [0.2, 0.25) is 5.28 Å². The molecule has 0 spiro atoms. The Bertz CT molecular complexity index is 776. The van der Waals surface area contributed by atoms with Crippen molar-refractivity contribution in [2.45, 2.75) is 6.54 Å². The van der Waals surface area contributed by atoms with Gasteiger partial charge in [0.25, 0.3) is 0 Å². The topological polar surface area (TPSA) is 55.1 Å². The Labute approximate surface area is 126 Å². The molecule has 8 heteroatoms. The zero-order valence-electron chi connectivity index (χ0n) is 10.0. The van der Waals surface area contributed by atoms with Crippen LogP contribution in [-0.2, 0) is 6.54 Å². The maximum Gasteiger partial charge on any atom is 0.243 e. The number of halogens is 3. The summed E-state index contributed by atoms with van der Waals surface area (Å²) < 4.78 is 15.9. The van der Waals surface area contributed by atoms with Crippen molar-refractivity contribution in [3.05, 3.63) is 51.9 Å². The Hall–Kier alpha value is -1.73. The van der Waals surface area contributed by atoms with Gasteiger partial charge in [-0.05, 0) is 45.7 Å². The van der Waals surface area contributed by atoms with Gasteiger partial charge in [0.2, 0.25) is 5.28 Å². The molecule has 1 N–H and O–H groups in total. The first-order chi connectivity index (χ1) is 9.65. The number of hydrogen-bond acceptors (Lipinski definition) is 4. The number of pyridine rings is 1. The Morgan fingerprint density at radius 2 is 2.20 bits per heavy atom. The number of nitrogens with zero attached hydrogens (tertiary/aromatic N) is 4. The molecule has 0 bridgehead atoms. The quantitative estimate of drug-likeness (QED) is 0.782. The van der Waals surface area contributed by atoms with E-state index in [9.17, 15) is 4.39 Å². The highest BCUT2D eigenvalue weighted by molar-refractivity contribution is 9.10. The third-order valence-electron chi connectivity index (χ3n) is 2.74. The van der Waals surface area contributed by atoms with E-state index < -0.39 is 0 Å². The molecule has 0 aliphatic heterocycles. The molecule has 3 rings (SSSR count). The smallest absolute Gasteiger partial charge is 0.243 e. The second kappa shape index (κ2) is 5.34. The van der Waals surface area contributed by atoms with Gasteiger partial charge < -0.3 is 5.32 Å². The number of hydrogen-bond donors (Lipinski definition) is 1. The highest BCUT2D eigenvalue weighted by Gasteiger charge is 2.10. The molecule has 0 unspecified atom stereocenters. The van der Waals surface area contributed by atoms with E-state index in [2.05, 4.69) is 36.3 Å². The number of fused-ring (bicyclic) bond motifs is 1. The van der Waals surface area contributed by atoms with Crippen molar-refractivity contribution in [3.63, 3.8) is 0 Å². The molecule has 0 aliphatic carbocycles. The summed E-state index contributed by atoms with van der Waals surface area (Å²) in [4.78, 5) is 7.83. The maximum atomic E-state index is 13.5. The maximum absolute atomic E-state index is 13.5. The highest BCUT2D eigenvalue weighted by atomic mass is 79.9. The molecule has 0 amide bonds. The van der Waals surface area contributed by atoms with Crippen molar-refractivity contribution < 1.29 is 4.39 Å². The molecule has 0 aromatic carbocycles. The molecule has 102 valence electrons. The van der Waals surface area contributed by atoms with Gasteiger partial charge in [0, 0.05) is 18.3 Å². The van der Waals surface area contributed by atoms with Crippen LogP contribution in [0.5, 0.6) is 0 Å². The predicted molar refractivity (Wildman–Crippen MR) is 77.2 cm³/mol. The van der Waals surface area contributed by atoms with Gasteiger partial charge in [-0.2, -0.15) is 4.98 Å². The van der Waals surface area contributed by atoms with Crippen molar-refractivity contribution >= 4 is 38.9 Å². The average Bonchev–Trinajstić information content (AvgIpc) is 2.79. The molecular weight excluding hydrogens is 349 g/mol. The van der Waals surface area contributed by atoms with E-state index in [1.807, 2.05) is 12.1 Å². The van der Waals surface area contributed by atoms with Crippen LogP contribution in [0.4, 0.5) is 10.2 Å². The minimum Gasteiger partial charge on any atom is -0.364 e. The first-order valence-electron chi connectivity index (χ1n) is 5.68. The third kappa shape index (κ3) is 2.46. The molecule has 0 fully saturated rings. The van der Waals surface area contributed by atoms with E-state index in [1.165, 1.54) is 12.4 Å². The lowest BCUT2D eigenvalue weighted by Gasteiger charge is -2.08. The number of rotatable bonds is 3. The SMILES string of the molecule is Fc1cnccc1CNc1nc(Cl)nn2c(Br)ccc12. The second-order valence-electron chi connectivity index (χ2n) is 4.00. The van der Waals surface area contributed by atoms with E-state index >= 15 is 0 Å². The summed E-state index contributed by atoms with van der Waals surface area (Å²) in [7, 11) is 0. The van der Waals surface area contributed by atoms with E-state index in [4.69, 9.17) is 11.6 Å². The number of nitrogens with one attached hydrogen (secondary N) is 1. The molecule has 0 atom stereocenters. The highest BCUT2D eigenvalue weighted by Crippen LogP contribution is 2.22. The normalized spacial score (nSPS) is 10.9. The monoisotopic (exact) mass is 355 g/mol. The van der Waals surface area contributed by atoms with E-state index in [-0.39, 0.29) is 17.6 Å². The zero-order valence-corrected chi connectivity index (χ0v) is 12.4. The van der Waals surface area contributed by atoms with E-state index in [1.54, 1.807) is 10.6 Å². The van der Waals surface area contributed by atoms with E-state index in [0.717, 1.165) is 10.1 Å². The molecule has 0 saturated carbocycles. The minimum absolute atomic E-state index is 0.104. The summed E-state index contributed by atoms with van der Waals surface area (Å²) in [5, 5.41) is 7.23. The number of anilines is 1. The molecule has 20 heavy (non-hydrogen) atoms. The van der Waals surface area contributed by atoms with Crippen LogP contribution in [0, 0.1) is 5.82 Å². The van der Waals surface area contributed by atoms with Crippen molar-refractivity contribution in [2.75, 3.05) is 5.32 Å². The van der Waals surface area contributed by atoms with Crippen LogP contribution < -0.4 is 5.32 Å². The molecule has 3 heterocycles. The van der Waals surface area contributed by atoms with Gasteiger partial charge in [-0.1, -0.05) is 0 Å². The fourth-order valence-electron chi connectivity index (χ4n) is 1.80. The number of aromatic nitrogens is 4. The lowest BCUT2D eigenvalue weighted by atomic mass is 10.2. The first kappa shape index (κ1) is 13.3. The Morgan fingerprint density at radius 3 is 3.00 bits per heavy atom. The van der Waals surface area contributed by atoms with Gasteiger partial charge in [0.15, 0.2) is 5.82 Å². The summed E-state index contributed by atoms with van der Waals surface area (Å²) in [5.74, 6) is 0.166. The van der Waals surface area contributed by atoms with Gasteiger partial charge in [-0.25, -0.2) is 8.91 Å². The first-order valence-corrected chi connectivity index (χ1v) is 6.85. The van der Waals surface area contributed by atoms with Crippen molar-refractivity contribution in [1.82, 2.24) is 19.6 Å². The predicted octanol–water partition coefficient (Wildman–Crippen LogP) is 3.29. The largest absolute Gasteiger partial charge is 0.364 e. The molecule has 0 radical (unpaired) electrons. The molecular formula is C12H8BrClFN5. The minimum atomic E-state index is -0.368. The molecule has 0 aliphatic rings. The van der Waals surface area contributed by atoms with Crippen LogP contribution in [0.15, 0.2) is 35.2 Å². The Kier molecular flexibility index (Phi) is 3.54. The van der Waals surface area contributed by atoms with Gasteiger partial charge in [0.05, 0.1) is 6.20 Å². The molecule has 0 saturated heterocycles. The van der Waals surface area contributed by atoms with Crippen molar-refractivity contribution in [3.8, 4) is 0 Å². The van der Waals surface area contributed by atoms with Gasteiger partial charge in [-0.15, -0.1) is 5.10 Å². The fourth-order valence-corrected chi connectivity index (χ4v) is 2.36. The Balaban J connectivity index is 1.93. The third-order valence-corrected chi connectivity index (χ3v) is 3.50. The summed E-state index contributed by atoms with van der Waals surface area (Å²) in [5.41, 5.74) is 1.24. The molecule has 3 aromatic heterocycles. The van der Waals surface area contributed by atoms with Crippen LogP contribution in [-0.4, -0.2) is 19.6 Å². The zero-order chi connectivity index (χ0) is 14.1. The summed E-state index contributed by atoms with van der Waals surface area (Å²) in [6, 6.07) is 5.28. The van der Waals surface area contributed by atoms with E-state index in [0.29, 0.717) is 11.4 Å². The second-order valence-corrected chi connectivity index (χ2v) is 5.15. The lowest BCUT2D eigenvalue weighted by molar-refractivity contribution is 0.606. The average molecular weight is 357 g/mol. The Morgan fingerprint density at radius 1 is 1.35 bits per heavy atom. The fraction of sp³-hybridized carbons (Fsp3) is 0.0833. The summed E-state index contributed by atoms with van der Waals surface area (Å²) >= 11 is 9.24. The summed E-state index contributed by atoms with van der Waals surface area (Å²) in [6.07, 6.45) is 2.71. The van der Waals surface area contributed by atoms with Gasteiger partial charge >= 0.3 is 0 Å². The standard InChI is InChI=1S/C12H8BrClFN5/c13-10-2-1-9-11(18-12(14)19-20(9)10)17-5-7-3-4-16-6-8(7)15/h1-4,6H,5H2,(H,17,18,19). The van der Waals surface area contributed by atoms with Gasteiger partial charge in [-0.3, -0.25) is 4.98 Å².